The van der Waals surface area contributed by atoms with E-state index in [1.807, 2.05) is 35.2 Å². The average Bonchev–Trinajstić information content (AvgIpc) is 2.81. The van der Waals surface area contributed by atoms with E-state index in [1.54, 1.807) is 23.5 Å². The molecule has 2 fully saturated rings. The Labute approximate surface area is 190 Å². The minimum atomic E-state index is -3.80. The largest absolute Gasteiger partial charge is 0.497 e. The van der Waals surface area contributed by atoms with Crippen molar-refractivity contribution < 1.29 is 17.9 Å². The quantitative estimate of drug-likeness (QED) is 0.703. The number of fused-ring (bicyclic) bond motifs is 6. The summed E-state index contributed by atoms with van der Waals surface area (Å²) in [7, 11) is -2.16. The molecule has 0 saturated carbocycles. The number of nitrogens with zero attached hydrogens (tertiary/aromatic N) is 2. The minimum absolute atomic E-state index is 0.0604. The summed E-state index contributed by atoms with van der Waals surface area (Å²) in [6.07, 6.45) is 2.95. The van der Waals surface area contributed by atoms with Crippen molar-refractivity contribution in [3.8, 4) is 5.75 Å². The van der Waals surface area contributed by atoms with E-state index in [-0.39, 0.29) is 22.9 Å². The zero-order valence-electron chi connectivity index (χ0n) is 18.8. The Morgan fingerprint density at radius 1 is 1.06 bits per heavy atom. The normalized spacial score (nSPS) is 25.4. The third kappa shape index (κ3) is 3.25. The third-order valence-corrected chi connectivity index (χ3v) is 9.24. The van der Waals surface area contributed by atoms with Crippen LogP contribution in [0.25, 0.3) is 0 Å². The fourth-order valence-electron chi connectivity index (χ4n) is 5.64. The summed E-state index contributed by atoms with van der Waals surface area (Å²) >= 11 is 0. The molecule has 0 N–H and O–H groups in total. The number of methoxy groups -OCH3 is 1. The highest BCUT2D eigenvalue weighted by molar-refractivity contribution is 7.89. The number of piperidine rings is 1. The molecule has 2 saturated heterocycles. The molecular formula is C25H30N2O4S. The summed E-state index contributed by atoms with van der Waals surface area (Å²) in [5.41, 5.74) is 3.28. The third-order valence-electron chi connectivity index (χ3n) is 7.29. The Hall–Kier alpha value is -2.38. The van der Waals surface area contributed by atoms with Gasteiger partial charge in [0.1, 0.15) is 11.8 Å². The van der Waals surface area contributed by atoms with E-state index in [0.29, 0.717) is 18.9 Å². The SMILES string of the molecule is COc1ccc2c(c1)CCN1C(=O)C3CCCC(C21)N3S(=O)(=O)c1ccc(C(C)C)cc1. The van der Waals surface area contributed by atoms with E-state index in [4.69, 9.17) is 4.74 Å². The van der Waals surface area contributed by atoms with Gasteiger partial charge in [0.05, 0.1) is 24.1 Å². The summed E-state index contributed by atoms with van der Waals surface area (Å²) in [5.74, 6) is 1.05. The van der Waals surface area contributed by atoms with E-state index >= 15 is 0 Å². The van der Waals surface area contributed by atoms with Crippen LogP contribution in [0.15, 0.2) is 47.4 Å². The molecule has 0 radical (unpaired) electrons. The van der Waals surface area contributed by atoms with Crippen molar-refractivity contribution in [3.05, 3.63) is 59.2 Å². The van der Waals surface area contributed by atoms with Gasteiger partial charge >= 0.3 is 0 Å². The maximum Gasteiger partial charge on any atom is 0.244 e. The summed E-state index contributed by atoms with van der Waals surface area (Å²) in [4.78, 5) is 15.7. The van der Waals surface area contributed by atoms with Gasteiger partial charge in [0, 0.05) is 6.54 Å². The summed E-state index contributed by atoms with van der Waals surface area (Å²) in [6.45, 7) is 4.79. The van der Waals surface area contributed by atoms with Gasteiger partial charge in [-0.15, -0.1) is 0 Å². The number of hydrogen-bond acceptors (Lipinski definition) is 4. The first kappa shape index (κ1) is 21.5. The van der Waals surface area contributed by atoms with Crippen LogP contribution in [0.1, 0.15) is 61.8 Å². The van der Waals surface area contributed by atoms with E-state index in [0.717, 1.165) is 41.7 Å². The number of ether oxygens (including phenoxy) is 1. The molecule has 3 aliphatic rings. The topological polar surface area (TPSA) is 66.9 Å². The van der Waals surface area contributed by atoms with Gasteiger partial charge in [-0.3, -0.25) is 4.79 Å². The summed E-state index contributed by atoms with van der Waals surface area (Å²) in [5, 5.41) is 0. The van der Waals surface area contributed by atoms with Crippen molar-refractivity contribution in [1.29, 1.82) is 0 Å². The van der Waals surface area contributed by atoms with Gasteiger partial charge < -0.3 is 9.64 Å². The molecule has 3 atom stereocenters. The Kier molecular flexibility index (Phi) is 5.29. The molecule has 5 rings (SSSR count). The Morgan fingerprint density at radius 3 is 2.50 bits per heavy atom. The van der Waals surface area contributed by atoms with Crippen molar-refractivity contribution in [1.82, 2.24) is 9.21 Å². The second kappa shape index (κ2) is 7.89. The number of rotatable bonds is 4. The van der Waals surface area contributed by atoms with Crippen LogP contribution in [-0.2, 0) is 21.2 Å². The molecule has 2 aromatic rings. The maximum absolute atomic E-state index is 13.8. The summed E-state index contributed by atoms with van der Waals surface area (Å²) in [6, 6.07) is 12.0. The monoisotopic (exact) mass is 454 g/mol. The Morgan fingerprint density at radius 2 is 1.81 bits per heavy atom. The van der Waals surface area contributed by atoms with Crippen molar-refractivity contribution in [3.63, 3.8) is 0 Å². The van der Waals surface area contributed by atoms with Crippen LogP contribution < -0.4 is 4.74 Å². The Balaban J connectivity index is 1.58. The molecule has 170 valence electrons. The molecule has 0 aliphatic carbocycles. The maximum atomic E-state index is 13.8. The van der Waals surface area contributed by atoms with Crippen LogP contribution in [-0.4, -0.2) is 49.3 Å². The van der Waals surface area contributed by atoms with Gasteiger partial charge in [-0.05, 0) is 72.6 Å². The number of sulfonamides is 1. The molecule has 2 bridgehead atoms. The fraction of sp³-hybridized carbons (Fsp3) is 0.480. The predicted molar refractivity (Wildman–Crippen MR) is 122 cm³/mol. The smallest absolute Gasteiger partial charge is 0.244 e. The second-order valence-corrected chi connectivity index (χ2v) is 11.2. The fourth-order valence-corrected chi connectivity index (χ4v) is 7.47. The molecule has 0 spiro atoms. The molecule has 1 amide bonds. The first-order valence-corrected chi connectivity index (χ1v) is 12.9. The number of carbonyl (C=O) groups excluding carboxylic acids is 1. The first-order valence-electron chi connectivity index (χ1n) is 11.4. The molecule has 32 heavy (non-hydrogen) atoms. The van der Waals surface area contributed by atoms with Gasteiger partial charge in [0.15, 0.2) is 0 Å². The molecular weight excluding hydrogens is 424 g/mol. The lowest BCUT2D eigenvalue weighted by Crippen LogP contribution is -2.67. The van der Waals surface area contributed by atoms with Crippen molar-refractivity contribution in [2.24, 2.45) is 0 Å². The number of amides is 1. The highest BCUT2D eigenvalue weighted by Crippen LogP contribution is 2.46. The van der Waals surface area contributed by atoms with Gasteiger partial charge in [0.2, 0.25) is 15.9 Å². The second-order valence-electron chi connectivity index (χ2n) is 9.36. The molecule has 7 heteroatoms. The van der Waals surface area contributed by atoms with Gasteiger partial charge in [-0.25, -0.2) is 8.42 Å². The number of hydrogen-bond donors (Lipinski definition) is 0. The van der Waals surface area contributed by atoms with Crippen LogP contribution in [0.5, 0.6) is 5.75 Å². The van der Waals surface area contributed by atoms with Gasteiger partial charge in [-0.1, -0.05) is 32.0 Å². The van der Waals surface area contributed by atoms with Crippen LogP contribution in [0.2, 0.25) is 0 Å². The Bertz CT molecular complexity index is 1140. The van der Waals surface area contributed by atoms with Gasteiger partial charge in [0.25, 0.3) is 0 Å². The van der Waals surface area contributed by atoms with Crippen molar-refractivity contribution in [2.75, 3.05) is 13.7 Å². The number of piperazine rings is 1. The van der Waals surface area contributed by atoms with E-state index in [9.17, 15) is 13.2 Å². The lowest BCUT2D eigenvalue weighted by Gasteiger charge is -2.54. The number of carbonyl (C=O) groups is 1. The van der Waals surface area contributed by atoms with E-state index in [2.05, 4.69) is 13.8 Å². The van der Waals surface area contributed by atoms with Crippen molar-refractivity contribution in [2.45, 2.75) is 68.5 Å². The minimum Gasteiger partial charge on any atom is -0.497 e. The van der Waals surface area contributed by atoms with Gasteiger partial charge in [-0.2, -0.15) is 4.31 Å². The zero-order valence-corrected chi connectivity index (χ0v) is 19.6. The summed E-state index contributed by atoms with van der Waals surface area (Å²) < 4.78 is 34.6. The molecule has 6 nitrogen and oxygen atoms in total. The lowest BCUT2D eigenvalue weighted by atomic mass is 9.80. The number of benzene rings is 2. The highest BCUT2D eigenvalue weighted by Gasteiger charge is 2.55. The van der Waals surface area contributed by atoms with Crippen LogP contribution in [0, 0.1) is 0 Å². The predicted octanol–water partition coefficient (Wildman–Crippen LogP) is 3.87. The van der Waals surface area contributed by atoms with E-state index < -0.39 is 16.1 Å². The van der Waals surface area contributed by atoms with Crippen molar-refractivity contribution >= 4 is 15.9 Å². The molecule has 2 aromatic carbocycles. The standard InChI is InChI=1S/C25H30N2O4S/c1-16(2)17-7-10-20(11-8-17)32(29,30)27-22-5-4-6-23(27)25(28)26-14-13-18-15-19(31-3)9-12-21(18)24(22)26/h7-12,15-16,22-24H,4-6,13-14H2,1-3H3. The lowest BCUT2D eigenvalue weighted by molar-refractivity contribution is -0.150. The highest BCUT2D eigenvalue weighted by atomic mass is 32.2. The van der Waals surface area contributed by atoms with Crippen LogP contribution in [0.4, 0.5) is 0 Å². The zero-order chi connectivity index (χ0) is 22.6. The average molecular weight is 455 g/mol. The molecule has 3 aliphatic heterocycles. The molecule has 0 aromatic heterocycles. The van der Waals surface area contributed by atoms with Crippen LogP contribution in [0.3, 0.4) is 0 Å². The van der Waals surface area contributed by atoms with E-state index in [1.165, 1.54) is 0 Å². The molecule has 3 unspecified atom stereocenters. The first-order chi connectivity index (χ1) is 15.3. The molecule has 3 heterocycles. The van der Waals surface area contributed by atoms with Crippen LogP contribution >= 0.6 is 0 Å².